The fourth-order valence-corrected chi connectivity index (χ4v) is 3.30. The molecule has 0 fully saturated rings. The van der Waals surface area contributed by atoms with Crippen LogP contribution in [0, 0.1) is 12.8 Å². The molecule has 0 saturated heterocycles. The normalized spacial score (nSPS) is 12.1. The Labute approximate surface area is 145 Å². The summed E-state index contributed by atoms with van der Waals surface area (Å²) in [6, 6.07) is 11.8. The van der Waals surface area contributed by atoms with Crippen LogP contribution in [0.15, 0.2) is 41.5 Å². The molecule has 1 amide bonds. The number of amides is 1. The Hall–Kier alpha value is -2.47. The van der Waals surface area contributed by atoms with Crippen molar-refractivity contribution < 1.29 is 4.79 Å². The first kappa shape index (κ1) is 16.4. The summed E-state index contributed by atoms with van der Waals surface area (Å²) >= 11 is 1.43. The fraction of sp³-hybridized carbons (Fsp3) is 0.278. The van der Waals surface area contributed by atoms with Gasteiger partial charge in [0.15, 0.2) is 0 Å². The summed E-state index contributed by atoms with van der Waals surface area (Å²) in [6.07, 6.45) is 0. The van der Waals surface area contributed by atoms with Gasteiger partial charge in [-0.3, -0.25) is 4.79 Å². The third kappa shape index (κ3) is 3.10. The zero-order chi connectivity index (χ0) is 17.3. The number of aryl methyl sites for hydroxylation is 1. The van der Waals surface area contributed by atoms with Crippen molar-refractivity contribution in [3.05, 3.63) is 47.0 Å². The van der Waals surface area contributed by atoms with Gasteiger partial charge in [0.25, 0.3) is 5.91 Å². The third-order valence-electron chi connectivity index (χ3n) is 3.94. The largest absolute Gasteiger partial charge is 0.281 e. The van der Waals surface area contributed by atoms with Gasteiger partial charge >= 0.3 is 0 Å². The number of fused-ring (bicyclic) bond motifs is 1. The number of nitrogens with zero attached hydrogens (tertiary/aromatic N) is 3. The van der Waals surface area contributed by atoms with Crippen molar-refractivity contribution >= 4 is 33.2 Å². The number of hydrogen-bond acceptors (Lipinski definition) is 4. The van der Waals surface area contributed by atoms with Gasteiger partial charge in [0, 0.05) is 11.1 Å². The molecule has 0 aliphatic carbocycles. The zero-order valence-electron chi connectivity index (χ0n) is 14.2. The lowest BCUT2D eigenvalue weighted by Gasteiger charge is -2.04. The summed E-state index contributed by atoms with van der Waals surface area (Å²) in [5, 5.41) is 9.74. The zero-order valence-corrected chi connectivity index (χ0v) is 15.0. The molecule has 0 aliphatic rings. The number of rotatable bonds is 4. The molecular weight excluding hydrogens is 320 g/mol. The number of carbonyl (C=O) groups excluding carboxylic acids is 1. The third-order valence-corrected chi connectivity index (χ3v) is 5.05. The molecular formula is C18H20N4OS. The van der Waals surface area contributed by atoms with Gasteiger partial charge in [0.2, 0.25) is 0 Å². The monoisotopic (exact) mass is 340 g/mol. The number of hydrazone groups is 1. The smallest absolute Gasteiger partial charge is 0.266 e. The fourth-order valence-electron chi connectivity index (χ4n) is 2.23. The lowest BCUT2D eigenvalue weighted by atomic mass is 10.1. The summed E-state index contributed by atoms with van der Waals surface area (Å²) in [5.41, 5.74) is 5.43. The highest BCUT2D eigenvalue weighted by Crippen LogP contribution is 2.30. The Morgan fingerprint density at radius 2 is 2.00 bits per heavy atom. The summed E-state index contributed by atoms with van der Waals surface area (Å²) in [6.45, 7) is 7.95. The van der Waals surface area contributed by atoms with Gasteiger partial charge in [-0.2, -0.15) is 10.2 Å². The van der Waals surface area contributed by atoms with Crippen LogP contribution in [0.2, 0.25) is 0 Å². The van der Waals surface area contributed by atoms with Gasteiger partial charge in [-0.15, -0.1) is 11.3 Å². The van der Waals surface area contributed by atoms with E-state index in [0.29, 0.717) is 10.8 Å². The maximum atomic E-state index is 12.4. The second-order valence-corrected chi connectivity index (χ2v) is 7.04. The predicted molar refractivity (Wildman–Crippen MR) is 99.1 cm³/mol. The minimum Gasteiger partial charge on any atom is -0.266 e. The maximum absolute atomic E-state index is 12.4. The van der Waals surface area contributed by atoms with E-state index < -0.39 is 0 Å². The Kier molecular flexibility index (Phi) is 4.49. The van der Waals surface area contributed by atoms with E-state index in [1.54, 1.807) is 0 Å². The summed E-state index contributed by atoms with van der Waals surface area (Å²) in [7, 11) is 0. The van der Waals surface area contributed by atoms with Crippen LogP contribution < -0.4 is 5.43 Å². The quantitative estimate of drug-likeness (QED) is 0.573. The number of carbonyl (C=O) groups is 1. The molecule has 2 heterocycles. The number of nitrogens with one attached hydrogen (secondary N) is 1. The van der Waals surface area contributed by atoms with Gasteiger partial charge < -0.3 is 0 Å². The minimum absolute atomic E-state index is 0.185. The second-order valence-electron chi connectivity index (χ2n) is 6.01. The van der Waals surface area contributed by atoms with Crippen LogP contribution in [0.5, 0.6) is 0 Å². The highest BCUT2D eigenvalue weighted by atomic mass is 32.1. The van der Waals surface area contributed by atoms with Crippen molar-refractivity contribution in [3.8, 4) is 5.69 Å². The molecule has 124 valence electrons. The highest BCUT2D eigenvalue weighted by Gasteiger charge is 2.17. The van der Waals surface area contributed by atoms with Crippen LogP contribution in [-0.4, -0.2) is 21.4 Å². The number of thiophene rings is 1. The molecule has 1 aromatic carbocycles. The number of benzene rings is 1. The van der Waals surface area contributed by atoms with Crippen LogP contribution >= 0.6 is 11.3 Å². The molecule has 3 rings (SSSR count). The van der Waals surface area contributed by atoms with Crippen LogP contribution in [-0.2, 0) is 0 Å². The van der Waals surface area contributed by atoms with Crippen LogP contribution in [0.3, 0.4) is 0 Å². The Morgan fingerprint density at radius 3 is 2.67 bits per heavy atom. The molecule has 24 heavy (non-hydrogen) atoms. The molecule has 0 aliphatic heterocycles. The van der Waals surface area contributed by atoms with Crippen molar-refractivity contribution in [1.82, 2.24) is 15.2 Å². The Bertz CT molecular complexity index is 906. The maximum Gasteiger partial charge on any atom is 0.281 e. The highest BCUT2D eigenvalue weighted by molar-refractivity contribution is 7.20. The van der Waals surface area contributed by atoms with E-state index in [1.807, 2.05) is 68.8 Å². The molecule has 0 atom stereocenters. The van der Waals surface area contributed by atoms with E-state index in [0.717, 1.165) is 27.3 Å². The van der Waals surface area contributed by atoms with E-state index in [1.165, 1.54) is 11.3 Å². The van der Waals surface area contributed by atoms with Crippen LogP contribution in [0.25, 0.3) is 15.9 Å². The summed E-state index contributed by atoms with van der Waals surface area (Å²) in [5.74, 6) is 0.122. The van der Waals surface area contributed by atoms with E-state index in [9.17, 15) is 4.79 Å². The molecule has 0 bridgehead atoms. The topological polar surface area (TPSA) is 59.3 Å². The lowest BCUT2D eigenvalue weighted by molar-refractivity contribution is 0.0958. The van der Waals surface area contributed by atoms with Crippen LogP contribution in [0.1, 0.15) is 36.1 Å². The average molecular weight is 340 g/mol. The Balaban J connectivity index is 1.95. The van der Waals surface area contributed by atoms with E-state index in [4.69, 9.17) is 0 Å². The van der Waals surface area contributed by atoms with Gasteiger partial charge in [-0.05, 0) is 38.0 Å². The number of hydrogen-bond donors (Lipinski definition) is 1. The number of aromatic nitrogens is 2. The van der Waals surface area contributed by atoms with E-state index in [2.05, 4.69) is 15.6 Å². The molecule has 0 radical (unpaired) electrons. The van der Waals surface area contributed by atoms with E-state index >= 15 is 0 Å². The lowest BCUT2D eigenvalue weighted by Crippen LogP contribution is -2.19. The van der Waals surface area contributed by atoms with Crippen molar-refractivity contribution in [2.24, 2.45) is 11.0 Å². The van der Waals surface area contributed by atoms with E-state index in [-0.39, 0.29) is 5.91 Å². The van der Waals surface area contributed by atoms with Gasteiger partial charge in [-0.25, -0.2) is 10.1 Å². The minimum atomic E-state index is -0.185. The standard InChI is InChI=1S/C18H20N4OS/c1-11(2)12(3)19-20-17(23)16-10-15-13(4)21-22(18(15)24-16)14-8-6-5-7-9-14/h5-11H,1-4H3,(H,20,23). The van der Waals surface area contributed by atoms with Gasteiger partial charge in [0.1, 0.15) is 4.83 Å². The SMILES string of the molecule is CC(=NNC(=O)c1cc2c(C)nn(-c3ccccc3)c2s1)C(C)C. The molecule has 0 unspecified atom stereocenters. The molecule has 6 heteroatoms. The van der Waals surface area contributed by atoms with Gasteiger partial charge in [0.05, 0.1) is 16.3 Å². The van der Waals surface area contributed by atoms with Crippen molar-refractivity contribution in [2.45, 2.75) is 27.7 Å². The molecule has 0 spiro atoms. The molecule has 1 N–H and O–H groups in total. The Morgan fingerprint density at radius 1 is 1.29 bits per heavy atom. The second kappa shape index (κ2) is 6.57. The molecule has 0 saturated carbocycles. The summed E-state index contributed by atoms with van der Waals surface area (Å²) in [4.78, 5) is 14.0. The average Bonchev–Trinajstić information content (AvgIpc) is 3.14. The molecule has 2 aromatic heterocycles. The summed E-state index contributed by atoms with van der Waals surface area (Å²) < 4.78 is 1.88. The predicted octanol–water partition coefficient (Wildman–Crippen LogP) is 4.16. The molecule has 3 aromatic rings. The first-order valence-corrected chi connectivity index (χ1v) is 8.68. The first-order chi connectivity index (χ1) is 11.5. The van der Waals surface area contributed by atoms with Gasteiger partial charge in [-0.1, -0.05) is 32.0 Å². The van der Waals surface area contributed by atoms with Crippen molar-refractivity contribution in [1.29, 1.82) is 0 Å². The van der Waals surface area contributed by atoms with Crippen molar-refractivity contribution in [3.63, 3.8) is 0 Å². The molecule has 5 nitrogen and oxygen atoms in total. The first-order valence-electron chi connectivity index (χ1n) is 7.86. The number of para-hydroxylation sites is 1. The van der Waals surface area contributed by atoms with Crippen LogP contribution in [0.4, 0.5) is 0 Å². The van der Waals surface area contributed by atoms with Crippen molar-refractivity contribution in [2.75, 3.05) is 0 Å².